The largest absolute Gasteiger partial charge is 0.435 e. The Balaban J connectivity index is 1.83. The smallest absolute Gasteiger partial charge is 0.227 e. The number of nitrogens with zero attached hydrogens (tertiary/aromatic N) is 2. The predicted molar refractivity (Wildman–Crippen MR) is 126 cm³/mol. The van der Waals surface area contributed by atoms with Crippen molar-refractivity contribution >= 4 is 28.9 Å². The first-order valence-electron chi connectivity index (χ1n) is 9.97. The molecule has 0 amide bonds. The molecule has 0 fully saturated rings. The quantitative estimate of drug-likeness (QED) is 0.308. The van der Waals surface area contributed by atoms with E-state index in [4.69, 9.17) is 32.6 Å². The molecule has 4 rings (SSSR count). The van der Waals surface area contributed by atoms with E-state index in [-0.39, 0.29) is 0 Å². The first-order valence-corrected chi connectivity index (χ1v) is 10.7. The molecule has 4 aromatic rings. The Hall–Kier alpha value is -2.75. The van der Waals surface area contributed by atoms with Crippen LogP contribution in [0.25, 0.3) is 34.0 Å². The van der Waals surface area contributed by atoms with E-state index in [9.17, 15) is 0 Å². The lowest BCUT2D eigenvalue weighted by Crippen LogP contribution is -2.21. The van der Waals surface area contributed by atoms with Crippen LogP contribution < -0.4 is 4.90 Å². The highest BCUT2D eigenvalue weighted by Crippen LogP contribution is 2.39. The Morgan fingerprint density at radius 1 is 0.800 bits per heavy atom. The molecule has 3 aromatic carbocycles. The zero-order chi connectivity index (χ0) is 21.1. The summed E-state index contributed by atoms with van der Waals surface area (Å²) in [6.07, 6.45) is 0. The fourth-order valence-corrected chi connectivity index (χ4v) is 3.83. The second kappa shape index (κ2) is 8.95. The summed E-state index contributed by atoms with van der Waals surface area (Å²) in [6.45, 7) is 6.24. The Morgan fingerprint density at radius 2 is 1.43 bits per heavy atom. The van der Waals surface area contributed by atoms with Gasteiger partial charge in [0.25, 0.3) is 0 Å². The van der Waals surface area contributed by atoms with Crippen LogP contribution in [0.1, 0.15) is 13.8 Å². The third-order valence-electron chi connectivity index (χ3n) is 5.11. The first-order chi connectivity index (χ1) is 14.6. The standard InChI is InChI=1S/C25H22Cl2N2O/c1-3-29(4-2)20-15-11-17(12-16-20)23-24(21-7-5-6-8-22(21)27)30-25(28-23)18-9-13-19(26)14-10-18/h5-16H,3-4H2,1-2H3. The molecular formula is C25H22Cl2N2O. The maximum atomic E-state index is 6.49. The molecule has 0 radical (unpaired) electrons. The lowest BCUT2D eigenvalue weighted by molar-refractivity contribution is 0.589. The first kappa shape index (κ1) is 20.5. The van der Waals surface area contributed by atoms with E-state index in [1.165, 1.54) is 5.69 Å². The van der Waals surface area contributed by atoms with Crippen molar-refractivity contribution in [3.63, 3.8) is 0 Å². The number of halogens is 2. The Labute approximate surface area is 186 Å². The normalized spacial score (nSPS) is 10.9. The monoisotopic (exact) mass is 436 g/mol. The van der Waals surface area contributed by atoms with E-state index in [1.807, 2.05) is 48.5 Å². The molecule has 30 heavy (non-hydrogen) atoms. The molecule has 0 saturated heterocycles. The maximum absolute atomic E-state index is 6.49. The van der Waals surface area contributed by atoms with Gasteiger partial charge in [-0.2, -0.15) is 0 Å². The van der Waals surface area contributed by atoms with Crippen LogP contribution in [0, 0.1) is 0 Å². The van der Waals surface area contributed by atoms with E-state index in [0.717, 1.165) is 35.5 Å². The lowest BCUT2D eigenvalue weighted by atomic mass is 10.1. The van der Waals surface area contributed by atoms with Crippen molar-refractivity contribution in [2.75, 3.05) is 18.0 Å². The molecule has 0 aliphatic heterocycles. The van der Waals surface area contributed by atoms with Gasteiger partial charge in [-0.1, -0.05) is 47.5 Å². The lowest BCUT2D eigenvalue weighted by Gasteiger charge is -2.21. The molecule has 0 unspecified atom stereocenters. The SMILES string of the molecule is CCN(CC)c1ccc(-c2nc(-c3ccc(Cl)cc3)oc2-c2ccccc2Cl)cc1. The van der Waals surface area contributed by atoms with Gasteiger partial charge in [-0.15, -0.1) is 0 Å². The van der Waals surface area contributed by atoms with Crippen LogP contribution in [0.15, 0.2) is 77.2 Å². The molecule has 0 N–H and O–H groups in total. The van der Waals surface area contributed by atoms with Gasteiger partial charge in [0.15, 0.2) is 5.76 Å². The van der Waals surface area contributed by atoms with Crippen LogP contribution in [-0.4, -0.2) is 18.1 Å². The number of hydrogen-bond donors (Lipinski definition) is 0. The van der Waals surface area contributed by atoms with Gasteiger partial charge in [0.2, 0.25) is 5.89 Å². The molecule has 1 aromatic heterocycles. The summed E-state index contributed by atoms with van der Waals surface area (Å²) in [5, 5.41) is 1.29. The van der Waals surface area contributed by atoms with Gasteiger partial charge in [0.05, 0.1) is 5.02 Å². The zero-order valence-corrected chi connectivity index (χ0v) is 18.4. The summed E-state index contributed by atoms with van der Waals surface area (Å²) in [4.78, 5) is 7.14. The topological polar surface area (TPSA) is 29.3 Å². The van der Waals surface area contributed by atoms with Crippen LogP contribution in [0.2, 0.25) is 10.0 Å². The van der Waals surface area contributed by atoms with Crippen molar-refractivity contribution < 1.29 is 4.42 Å². The van der Waals surface area contributed by atoms with Gasteiger partial charge in [-0.3, -0.25) is 0 Å². The molecule has 0 saturated carbocycles. The third kappa shape index (κ3) is 4.09. The molecule has 0 spiro atoms. The molecular weight excluding hydrogens is 415 g/mol. The Morgan fingerprint density at radius 3 is 2.07 bits per heavy atom. The van der Waals surface area contributed by atoms with Gasteiger partial charge < -0.3 is 9.32 Å². The summed E-state index contributed by atoms with van der Waals surface area (Å²) in [7, 11) is 0. The maximum Gasteiger partial charge on any atom is 0.227 e. The summed E-state index contributed by atoms with van der Waals surface area (Å²) in [5.74, 6) is 1.19. The number of rotatable bonds is 6. The second-order valence-electron chi connectivity index (χ2n) is 6.90. The van der Waals surface area contributed by atoms with Crippen molar-refractivity contribution in [2.45, 2.75) is 13.8 Å². The molecule has 3 nitrogen and oxygen atoms in total. The third-order valence-corrected chi connectivity index (χ3v) is 5.69. The fourth-order valence-electron chi connectivity index (χ4n) is 3.48. The summed E-state index contributed by atoms with van der Waals surface area (Å²) in [5.41, 5.74) is 4.60. The van der Waals surface area contributed by atoms with E-state index in [0.29, 0.717) is 21.7 Å². The number of oxazole rings is 1. The predicted octanol–water partition coefficient (Wildman–Crippen LogP) is 7.83. The molecule has 0 aliphatic rings. The molecule has 0 bridgehead atoms. The van der Waals surface area contributed by atoms with Crippen LogP contribution >= 0.6 is 23.2 Å². The van der Waals surface area contributed by atoms with E-state index in [1.54, 1.807) is 0 Å². The summed E-state index contributed by atoms with van der Waals surface area (Å²) in [6, 6.07) is 23.5. The number of aromatic nitrogens is 1. The highest BCUT2D eigenvalue weighted by Gasteiger charge is 2.20. The van der Waals surface area contributed by atoms with Crippen molar-refractivity contribution in [3.8, 4) is 34.0 Å². The summed E-state index contributed by atoms with van der Waals surface area (Å²) >= 11 is 12.5. The van der Waals surface area contributed by atoms with Crippen molar-refractivity contribution in [1.82, 2.24) is 4.98 Å². The van der Waals surface area contributed by atoms with Crippen LogP contribution in [-0.2, 0) is 0 Å². The molecule has 0 atom stereocenters. The van der Waals surface area contributed by atoms with Crippen LogP contribution in [0.3, 0.4) is 0 Å². The molecule has 5 heteroatoms. The Bertz CT molecular complexity index is 1130. The number of hydrogen-bond acceptors (Lipinski definition) is 3. The minimum atomic E-state index is 0.532. The van der Waals surface area contributed by atoms with Crippen molar-refractivity contribution in [2.24, 2.45) is 0 Å². The van der Waals surface area contributed by atoms with Crippen LogP contribution in [0.5, 0.6) is 0 Å². The van der Waals surface area contributed by atoms with Gasteiger partial charge in [-0.25, -0.2) is 4.98 Å². The van der Waals surface area contributed by atoms with Gasteiger partial charge >= 0.3 is 0 Å². The Kier molecular flexibility index (Phi) is 6.12. The van der Waals surface area contributed by atoms with Gasteiger partial charge in [-0.05, 0) is 62.4 Å². The van der Waals surface area contributed by atoms with E-state index < -0.39 is 0 Å². The minimum absolute atomic E-state index is 0.532. The van der Waals surface area contributed by atoms with Crippen molar-refractivity contribution in [1.29, 1.82) is 0 Å². The second-order valence-corrected chi connectivity index (χ2v) is 7.75. The van der Waals surface area contributed by atoms with E-state index in [2.05, 4.69) is 43.0 Å². The average molecular weight is 437 g/mol. The molecule has 1 heterocycles. The van der Waals surface area contributed by atoms with Crippen molar-refractivity contribution in [3.05, 3.63) is 82.8 Å². The number of anilines is 1. The van der Waals surface area contributed by atoms with Gasteiger partial charge in [0.1, 0.15) is 5.69 Å². The minimum Gasteiger partial charge on any atom is -0.435 e. The molecule has 0 aliphatic carbocycles. The number of benzene rings is 3. The highest BCUT2D eigenvalue weighted by molar-refractivity contribution is 6.33. The van der Waals surface area contributed by atoms with Gasteiger partial charge in [0, 0.05) is 40.5 Å². The van der Waals surface area contributed by atoms with Crippen LogP contribution in [0.4, 0.5) is 5.69 Å². The average Bonchev–Trinajstić information content (AvgIpc) is 3.21. The zero-order valence-electron chi connectivity index (χ0n) is 16.9. The summed E-state index contributed by atoms with van der Waals surface area (Å²) < 4.78 is 6.23. The fraction of sp³-hybridized carbons (Fsp3) is 0.160. The molecule has 152 valence electrons. The highest BCUT2D eigenvalue weighted by atomic mass is 35.5. The van der Waals surface area contributed by atoms with E-state index >= 15 is 0 Å².